The zero-order chi connectivity index (χ0) is 48.1. The fourth-order valence-electron chi connectivity index (χ4n) is 10.4. The fourth-order valence-corrected chi connectivity index (χ4v) is 11.7. The Bertz CT molecular complexity index is 3080. The lowest BCUT2D eigenvalue weighted by atomic mass is 9.88. The molecule has 1 saturated carbocycles. The second-order valence-electron chi connectivity index (χ2n) is 18.3. The lowest BCUT2D eigenvalue weighted by molar-refractivity contribution is -0.136. The number of aromatic nitrogens is 2. The molecule has 5 aliphatic rings. The zero-order valence-corrected chi connectivity index (χ0v) is 38.6. The van der Waals surface area contributed by atoms with Crippen LogP contribution in [0.25, 0.3) is 16.6 Å². The summed E-state index contributed by atoms with van der Waals surface area (Å²) in [5.41, 5.74) is 3.46. The van der Waals surface area contributed by atoms with E-state index >= 15 is 4.39 Å². The monoisotopic (exact) mass is 960 g/mol. The topological polar surface area (TPSA) is 194 Å². The van der Waals surface area contributed by atoms with Crippen molar-refractivity contribution in [1.29, 1.82) is 5.26 Å². The van der Waals surface area contributed by atoms with Gasteiger partial charge in [-0.05, 0) is 117 Å². The molecule has 0 radical (unpaired) electrons. The maximum atomic E-state index is 15.2. The van der Waals surface area contributed by atoms with Gasteiger partial charge in [0.05, 0.1) is 22.3 Å². The minimum atomic E-state index is -4.24. The predicted octanol–water partition coefficient (Wildman–Crippen LogP) is 5.22. The van der Waals surface area contributed by atoms with Gasteiger partial charge in [0, 0.05) is 88.3 Å². The van der Waals surface area contributed by atoms with Gasteiger partial charge < -0.3 is 19.4 Å². The van der Waals surface area contributed by atoms with Crippen LogP contribution in [0.15, 0.2) is 83.9 Å². The molecule has 2 N–H and O–H groups in total. The van der Waals surface area contributed by atoms with E-state index in [2.05, 4.69) is 42.8 Å². The quantitative estimate of drug-likeness (QED) is 0.164. The Morgan fingerprint density at radius 1 is 0.884 bits per heavy atom. The number of piperidine rings is 1. The molecule has 2 atom stereocenters. The molecule has 17 nitrogen and oxygen atoms in total. The number of carbonyl (C=O) groups is 3. The number of ether oxygens (including phenoxy) is 1. The number of nitriles is 1. The molecule has 4 aliphatic heterocycles. The molecule has 0 spiro atoms. The molecule has 5 heterocycles. The van der Waals surface area contributed by atoms with Gasteiger partial charge in [-0.15, -0.1) is 0 Å². The first-order chi connectivity index (χ1) is 33.2. The lowest BCUT2D eigenvalue weighted by Crippen LogP contribution is -2.52. The van der Waals surface area contributed by atoms with E-state index in [1.54, 1.807) is 11.0 Å². The number of rotatable bonds is 11. The van der Waals surface area contributed by atoms with Crippen LogP contribution in [0.3, 0.4) is 0 Å². The van der Waals surface area contributed by atoms with E-state index < -0.39 is 51.0 Å². The van der Waals surface area contributed by atoms with Crippen LogP contribution in [0.2, 0.25) is 0 Å². The smallest absolute Gasteiger partial charge is 0.301 e. The number of fused-ring (bicyclic) bond motifs is 2. The number of piperazine rings is 1. The van der Waals surface area contributed by atoms with Crippen molar-refractivity contribution in [2.75, 3.05) is 60.8 Å². The Labute approximate surface area is 397 Å². The molecule has 1 aromatic heterocycles. The minimum Gasteiger partial charge on any atom is -0.453 e. The fraction of sp³-hybridized carbons (Fsp3) is 0.388. The Kier molecular flexibility index (Phi) is 12.3. The third-order valence-corrected chi connectivity index (χ3v) is 15.8. The highest BCUT2D eigenvalue weighted by Crippen LogP contribution is 2.37. The molecule has 4 fully saturated rings. The van der Waals surface area contributed by atoms with Crippen molar-refractivity contribution >= 4 is 55.9 Å². The summed E-state index contributed by atoms with van der Waals surface area (Å²) in [6, 6.07) is 22.1. The van der Waals surface area contributed by atoms with Crippen LogP contribution in [-0.2, 0) is 26.3 Å². The third-order valence-electron chi connectivity index (χ3n) is 14.3. The van der Waals surface area contributed by atoms with E-state index in [4.69, 9.17) is 4.74 Å². The molecule has 0 unspecified atom stereocenters. The summed E-state index contributed by atoms with van der Waals surface area (Å²) in [4.78, 5) is 64.6. The van der Waals surface area contributed by atoms with E-state index in [0.717, 1.165) is 85.2 Å². The molecular formula is C49H50F2N10O7S. The zero-order valence-electron chi connectivity index (χ0n) is 37.8. The first-order valence-corrected chi connectivity index (χ1v) is 24.6. The van der Waals surface area contributed by atoms with Crippen LogP contribution in [-0.4, -0.2) is 120 Å². The van der Waals surface area contributed by atoms with Gasteiger partial charge in [0.2, 0.25) is 11.8 Å². The number of carbonyl (C=O) groups excluding carboxylic acids is 3. The van der Waals surface area contributed by atoms with Crippen molar-refractivity contribution in [2.24, 2.45) is 0 Å². The molecule has 0 bridgehead atoms. The number of halogens is 2. The number of hydrogen-bond donors (Lipinski definition) is 2. The molecule has 20 heteroatoms. The summed E-state index contributed by atoms with van der Waals surface area (Å²) in [5, 5.41) is 12.5. The van der Waals surface area contributed by atoms with E-state index in [1.807, 2.05) is 36.4 Å². The van der Waals surface area contributed by atoms with Crippen LogP contribution in [0.5, 0.6) is 11.5 Å². The number of amides is 3. The normalized spacial score (nSPS) is 22.4. The molecule has 3 saturated heterocycles. The van der Waals surface area contributed by atoms with Crippen molar-refractivity contribution in [1.82, 2.24) is 29.0 Å². The number of anilines is 3. The molecule has 358 valence electrons. The maximum absolute atomic E-state index is 15.2. The van der Waals surface area contributed by atoms with Gasteiger partial charge in [0.15, 0.2) is 11.6 Å². The SMILES string of the molecule is CN(c1ccc2c(c1)CN([C@H]1CCC(=O)NC1=O)C2=O)[C@H]1CC[C@@H](N2CCN(c3ccc(-n4cnc5ccc(Oc6c(F)ccc(NS(=O)(=O)N7CC[C@@H](F)C7)c6C#N)cc5c4=O)cc3)CC2)CC1. The first kappa shape index (κ1) is 45.8. The molecule has 1 aliphatic carbocycles. The summed E-state index contributed by atoms with van der Waals surface area (Å²) >= 11 is 0. The van der Waals surface area contributed by atoms with Gasteiger partial charge in [-0.3, -0.25) is 38.7 Å². The molecule has 3 amide bonds. The van der Waals surface area contributed by atoms with E-state index in [1.165, 1.54) is 29.1 Å². The van der Waals surface area contributed by atoms with Crippen LogP contribution < -0.4 is 30.1 Å². The highest BCUT2D eigenvalue weighted by molar-refractivity contribution is 7.90. The Balaban J connectivity index is 0.742. The summed E-state index contributed by atoms with van der Waals surface area (Å²) in [6.45, 7) is 3.53. The molecule has 69 heavy (non-hydrogen) atoms. The highest BCUT2D eigenvalue weighted by Gasteiger charge is 2.40. The molecule has 10 rings (SSSR count). The number of benzene rings is 4. The molecule has 4 aromatic carbocycles. The summed E-state index contributed by atoms with van der Waals surface area (Å²) in [6.07, 6.45) is 4.98. The van der Waals surface area contributed by atoms with Crippen LogP contribution in [0, 0.1) is 17.1 Å². The van der Waals surface area contributed by atoms with Crippen molar-refractivity contribution in [2.45, 2.75) is 75.8 Å². The van der Waals surface area contributed by atoms with E-state index in [9.17, 15) is 37.2 Å². The average Bonchev–Trinajstić information content (AvgIpc) is 3.95. The number of nitrogens with zero attached hydrogens (tertiary/aromatic N) is 8. The Morgan fingerprint density at radius 3 is 2.35 bits per heavy atom. The van der Waals surface area contributed by atoms with Crippen molar-refractivity contribution < 1.29 is 36.3 Å². The third kappa shape index (κ3) is 8.97. The molecular weight excluding hydrogens is 911 g/mol. The second kappa shape index (κ2) is 18.5. The van der Waals surface area contributed by atoms with Gasteiger partial charge in [-0.2, -0.15) is 18.0 Å². The number of nitrogens with one attached hydrogen (secondary N) is 2. The maximum Gasteiger partial charge on any atom is 0.301 e. The van der Waals surface area contributed by atoms with Gasteiger partial charge >= 0.3 is 10.2 Å². The summed E-state index contributed by atoms with van der Waals surface area (Å²) < 4.78 is 65.2. The van der Waals surface area contributed by atoms with Crippen LogP contribution in [0.1, 0.15) is 66.4 Å². The van der Waals surface area contributed by atoms with Gasteiger partial charge in [-0.25, -0.2) is 13.8 Å². The Morgan fingerprint density at radius 2 is 1.64 bits per heavy atom. The van der Waals surface area contributed by atoms with Crippen molar-refractivity contribution in [3.63, 3.8) is 0 Å². The number of hydrogen-bond acceptors (Lipinski definition) is 12. The predicted molar refractivity (Wildman–Crippen MR) is 253 cm³/mol. The Hall–Kier alpha value is -6.95. The highest BCUT2D eigenvalue weighted by atomic mass is 32.2. The van der Waals surface area contributed by atoms with Gasteiger partial charge in [-0.1, -0.05) is 0 Å². The van der Waals surface area contributed by atoms with Gasteiger partial charge in [0.25, 0.3) is 11.5 Å². The van der Waals surface area contributed by atoms with Crippen molar-refractivity contribution in [3.05, 3.63) is 112 Å². The minimum absolute atomic E-state index is 0.0154. The van der Waals surface area contributed by atoms with E-state index in [0.29, 0.717) is 41.8 Å². The van der Waals surface area contributed by atoms with E-state index in [-0.39, 0.29) is 54.6 Å². The van der Waals surface area contributed by atoms with Crippen molar-refractivity contribution in [3.8, 4) is 23.3 Å². The summed E-state index contributed by atoms with van der Waals surface area (Å²) in [7, 11) is -2.13. The van der Waals surface area contributed by atoms with Crippen LogP contribution >= 0.6 is 0 Å². The standard InChI is InChI=1S/C49H50F2N10O7S/c1-56(36-10-12-38-30(24-36)27-60(48(38)64)44-16-17-45(62)54-47(44)63)32-2-4-33(5-3-32)57-20-22-58(23-21-57)34-6-8-35(9-7-34)61-29-53-42-14-11-37(25-39(42)49(61)65)68-46-40(26-52)43(15-13-41(46)51)55-69(66,67)59-19-18-31(50)28-59/h6-15,24-25,29,31-33,44,55H,2-5,16-23,27-28H2,1H3,(H,54,62,63)/t31-,32-,33+,44+/m1/s1. The number of alkyl halides is 1. The molecule has 5 aromatic rings. The number of imide groups is 1. The second-order valence-corrected chi connectivity index (χ2v) is 20.0. The first-order valence-electron chi connectivity index (χ1n) is 23.2. The van der Waals surface area contributed by atoms with Gasteiger partial charge in [0.1, 0.15) is 35.9 Å². The average molecular weight is 961 g/mol. The summed E-state index contributed by atoms with van der Waals surface area (Å²) in [5.74, 6) is -2.35. The lowest BCUT2D eigenvalue weighted by Gasteiger charge is -2.44. The van der Waals surface area contributed by atoms with Crippen LogP contribution in [0.4, 0.5) is 25.8 Å². The largest absolute Gasteiger partial charge is 0.453 e.